The van der Waals surface area contributed by atoms with Crippen molar-refractivity contribution >= 4 is 44.9 Å². The largest absolute Gasteiger partial charge is 0.351 e. The summed E-state index contributed by atoms with van der Waals surface area (Å²) in [5, 5.41) is 4.94. The zero-order chi connectivity index (χ0) is 17.0. The number of nitrogens with zero attached hydrogens (tertiary/aromatic N) is 2. The monoisotopic (exact) mass is 383 g/mol. The maximum absolute atomic E-state index is 12.2. The van der Waals surface area contributed by atoms with Gasteiger partial charge in [-0.05, 0) is 23.6 Å². The smallest absolute Gasteiger partial charge is 0.256 e. The first-order valence-corrected chi connectivity index (χ1v) is 11.1. The van der Waals surface area contributed by atoms with Crippen molar-refractivity contribution in [1.29, 1.82) is 0 Å². The molecule has 2 aliphatic rings. The molecular weight excluding hydrogens is 366 g/mol. The molecule has 0 bridgehead atoms. The number of thioether (sulfide) groups is 1. The van der Waals surface area contributed by atoms with Crippen LogP contribution in [0.5, 0.6) is 0 Å². The Kier molecular flexibility index (Phi) is 5.42. The summed E-state index contributed by atoms with van der Waals surface area (Å²) in [6.45, 7) is 0.911. The van der Waals surface area contributed by atoms with Crippen molar-refractivity contribution in [3.63, 3.8) is 0 Å². The second-order valence-corrected chi connectivity index (χ2v) is 9.13. The van der Waals surface area contributed by atoms with E-state index in [1.54, 1.807) is 46.4 Å². The van der Waals surface area contributed by atoms with E-state index in [1.165, 1.54) is 4.88 Å². The maximum Gasteiger partial charge on any atom is 0.256 e. The van der Waals surface area contributed by atoms with Gasteiger partial charge in [-0.3, -0.25) is 4.79 Å². The van der Waals surface area contributed by atoms with Crippen LogP contribution in [0.25, 0.3) is 0 Å². The molecule has 1 N–H and O–H groups in total. The molecule has 1 aromatic heterocycles. The van der Waals surface area contributed by atoms with E-state index in [9.17, 15) is 13.2 Å². The summed E-state index contributed by atoms with van der Waals surface area (Å²) in [6, 6.07) is 4.14. The van der Waals surface area contributed by atoms with Gasteiger partial charge in [0.25, 0.3) is 15.9 Å². The molecule has 9 heteroatoms. The number of carbonyl (C=O) groups excluding carboxylic acids is 1. The first kappa shape index (κ1) is 17.2. The van der Waals surface area contributed by atoms with Gasteiger partial charge >= 0.3 is 0 Å². The van der Waals surface area contributed by atoms with Gasteiger partial charge in [0.2, 0.25) is 0 Å². The standard InChI is InChI=1S/C15H17N3O3S3/c19-15(16-5-8-22-11-13-2-1-7-23-13)12-3-4-14-17-24(20,21)9-6-18(14)10-12/h1-4,7,10H,5-6,8-9,11H2,(H,16,19). The van der Waals surface area contributed by atoms with Crippen molar-refractivity contribution in [3.05, 3.63) is 46.3 Å². The Morgan fingerprint density at radius 3 is 3.08 bits per heavy atom. The third kappa shape index (κ3) is 4.49. The van der Waals surface area contributed by atoms with Gasteiger partial charge in [-0.15, -0.1) is 15.7 Å². The summed E-state index contributed by atoms with van der Waals surface area (Å²) in [4.78, 5) is 15.2. The topological polar surface area (TPSA) is 78.8 Å². The molecule has 0 saturated heterocycles. The number of fused-ring (bicyclic) bond motifs is 1. The van der Waals surface area contributed by atoms with Gasteiger partial charge in [-0.1, -0.05) is 6.07 Å². The van der Waals surface area contributed by atoms with Crippen LogP contribution in [0.1, 0.15) is 4.88 Å². The van der Waals surface area contributed by atoms with Gasteiger partial charge in [-0.2, -0.15) is 11.8 Å². The number of carbonyl (C=O) groups is 1. The SMILES string of the molecule is O=C(NCCSCc1cccs1)C1=CN2CCS(=O)(=O)N=C2C=C1. The molecule has 0 atom stereocenters. The summed E-state index contributed by atoms with van der Waals surface area (Å²) in [7, 11) is -3.37. The first-order chi connectivity index (χ1) is 11.5. The Morgan fingerprint density at radius 2 is 2.29 bits per heavy atom. The molecule has 128 valence electrons. The third-order valence-corrected chi connectivity index (χ3v) is 6.67. The average Bonchev–Trinajstić information content (AvgIpc) is 3.06. The lowest BCUT2D eigenvalue weighted by Gasteiger charge is -2.26. The van der Waals surface area contributed by atoms with E-state index in [1.807, 2.05) is 6.07 Å². The van der Waals surface area contributed by atoms with E-state index < -0.39 is 10.0 Å². The van der Waals surface area contributed by atoms with Crippen molar-refractivity contribution in [2.24, 2.45) is 4.40 Å². The first-order valence-electron chi connectivity index (χ1n) is 7.41. The van der Waals surface area contributed by atoms with Crippen LogP contribution in [0.3, 0.4) is 0 Å². The highest BCUT2D eigenvalue weighted by Gasteiger charge is 2.24. The second kappa shape index (κ2) is 7.54. The molecule has 0 spiro atoms. The minimum atomic E-state index is -3.37. The molecular formula is C15H17N3O3S3. The fraction of sp³-hybridized carbons (Fsp3) is 0.333. The number of rotatable bonds is 6. The molecule has 0 saturated carbocycles. The summed E-state index contributed by atoms with van der Waals surface area (Å²) in [5.41, 5.74) is 0.511. The van der Waals surface area contributed by atoms with Crippen molar-refractivity contribution in [1.82, 2.24) is 10.2 Å². The van der Waals surface area contributed by atoms with Crippen molar-refractivity contribution in [3.8, 4) is 0 Å². The molecule has 24 heavy (non-hydrogen) atoms. The quantitative estimate of drug-likeness (QED) is 0.755. The lowest BCUT2D eigenvalue weighted by Crippen LogP contribution is -2.38. The van der Waals surface area contributed by atoms with E-state index in [0.29, 0.717) is 24.5 Å². The van der Waals surface area contributed by atoms with Crippen molar-refractivity contribution in [2.75, 3.05) is 24.6 Å². The third-order valence-electron chi connectivity index (χ3n) is 3.44. The number of hydrogen-bond acceptors (Lipinski definition) is 6. The molecule has 1 amide bonds. The minimum Gasteiger partial charge on any atom is -0.351 e. The zero-order valence-electron chi connectivity index (χ0n) is 12.8. The van der Waals surface area contributed by atoms with E-state index in [4.69, 9.17) is 0 Å². The van der Waals surface area contributed by atoms with Crippen LogP contribution >= 0.6 is 23.1 Å². The van der Waals surface area contributed by atoms with Crippen LogP contribution in [0.2, 0.25) is 0 Å². The average molecular weight is 384 g/mol. The predicted molar refractivity (Wildman–Crippen MR) is 98.6 cm³/mol. The molecule has 0 aromatic carbocycles. The van der Waals surface area contributed by atoms with E-state index in [-0.39, 0.29) is 11.7 Å². The van der Waals surface area contributed by atoms with Crippen LogP contribution in [0.4, 0.5) is 0 Å². The highest BCUT2D eigenvalue weighted by atomic mass is 32.2. The molecule has 1 aromatic rings. The molecule has 6 nitrogen and oxygen atoms in total. The number of hydrogen-bond donors (Lipinski definition) is 1. The molecule has 3 rings (SSSR count). The van der Waals surface area contributed by atoms with Crippen LogP contribution < -0.4 is 5.32 Å². The van der Waals surface area contributed by atoms with Gasteiger partial charge in [-0.25, -0.2) is 8.42 Å². The summed E-state index contributed by atoms with van der Waals surface area (Å²) in [6.07, 6.45) is 4.82. The number of amidine groups is 1. The fourth-order valence-electron chi connectivity index (χ4n) is 2.24. The molecule has 0 aliphatic carbocycles. The van der Waals surface area contributed by atoms with Crippen LogP contribution in [-0.2, 0) is 20.6 Å². The van der Waals surface area contributed by atoms with Gasteiger partial charge in [0.15, 0.2) is 0 Å². The van der Waals surface area contributed by atoms with Gasteiger partial charge in [0.05, 0.1) is 11.3 Å². The molecule has 2 aliphatic heterocycles. The Balaban J connectivity index is 1.46. The fourth-order valence-corrected chi connectivity index (χ4v) is 4.91. The molecule has 0 radical (unpaired) electrons. The van der Waals surface area contributed by atoms with Crippen LogP contribution in [0.15, 0.2) is 45.8 Å². The van der Waals surface area contributed by atoms with E-state index in [2.05, 4.69) is 21.2 Å². The van der Waals surface area contributed by atoms with E-state index in [0.717, 1.165) is 11.5 Å². The summed E-state index contributed by atoms with van der Waals surface area (Å²) < 4.78 is 26.6. The minimum absolute atomic E-state index is 0.0326. The predicted octanol–water partition coefficient (Wildman–Crippen LogP) is 1.60. The van der Waals surface area contributed by atoms with Crippen LogP contribution in [-0.4, -0.2) is 49.7 Å². The number of amides is 1. The number of sulfonamides is 1. The van der Waals surface area contributed by atoms with Crippen molar-refractivity contribution < 1.29 is 13.2 Å². The Morgan fingerprint density at radius 1 is 1.42 bits per heavy atom. The Bertz CT molecular complexity index is 795. The van der Waals surface area contributed by atoms with Crippen molar-refractivity contribution in [2.45, 2.75) is 5.75 Å². The highest BCUT2D eigenvalue weighted by Crippen LogP contribution is 2.17. The van der Waals surface area contributed by atoms with Gasteiger partial charge in [0, 0.05) is 35.7 Å². The summed E-state index contributed by atoms with van der Waals surface area (Å²) in [5.74, 6) is 1.97. The van der Waals surface area contributed by atoms with Gasteiger partial charge in [0.1, 0.15) is 5.84 Å². The molecule has 0 unspecified atom stereocenters. The Hall–Kier alpha value is -1.58. The summed E-state index contributed by atoms with van der Waals surface area (Å²) >= 11 is 3.51. The van der Waals surface area contributed by atoms with Crippen LogP contribution in [0, 0.1) is 0 Å². The van der Waals surface area contributed by atoms with Gasteiger partial charge < -0.3 is 10.2 Å². The van der Waals surface area contributed by atoms with E-state index >= 15 is 0 Å². The zero-order valence-corrected chi connectivity index (χ0v) is 15.3. The Labute approximate surface area is 149 Å². The normalized spacial score (nSPS) is 18.6. The molecule has 0 fully saturated rings. The second-order valence-electron chi connectivity index (χ2n) is 5.23. The number of thiophene rings is 1. The highest BCUT2D eigenvalue weighted by molar-refractivity contribution is 7.98. The maximum atomic E-state index is 12.2. The lowest BCUT2D eigenvalue weighted by atomic mass is 10.2. The lowest BCUT2D eigenvalue weighted by molar-refractivity contribution is -0.117. The number of nitrogens with one attached hydrogen (secondary N) is 1. The molecule has 3 heterocycles.